The first-order valence-electron chi connectivity index (χ1n) is 8.58. The van der Waals surface area contributed by atoms with E-state index in [2.05, 4.69) is 33.0 Å². The Bertz CT molecular complexity index is 949. The first kappa shape index (κ1) is 18.2. The predicted molar refractivity (Wildman–Crippen MR) is 101 cm³/mol. The van der Waals surface area contributed by atoms with E-state index in [1.165, 1.54) is 10.4 Å². The largest absolute Gasteiger partial charge is 0.355 e. The molecule has 0 bridgehead atoms. The first-order chi connectivity index (χ1) is 13.1. The van der Waals surface area contributed by atoms with Crippen LogP contribution < -0.4 is 10.6 Å². The van der Waals surface area contributed by atoms with Gasteiger partial charge in [0.15, 0.2) is 0 Å². The molecule has 1 heterocycles. The third-order valence-electron chi connectivity index (χ3n) is 3.99. The molecule has 8 nitrogen and oxygen atoms in total. The number of carbonyl (C=O) groups excluding carboxylic acids is 2. The van der Waals surface area contributed by atoms with Crippen molar-refractivity contribution in [3.8, 4) is 11.4 Å². The monoisotopic (exact) mass is 364 g/mol. The molecule has 138 valence electrons. The molecule has 0 aliphatic heterocycles. The summed E-state index contributed by atoms with van der Waals surface area (Å²) in [6.45, 7) is 2.01. The summed E-state index contributed by atoms with van der Waals surface area (Å²) in [5.74, 6) is -0.0656. The van der Waals surface area contributed by atoms with Crippen LogP contribution in [0.4, 0.5) is 5.69 Å². The van der Waals surface area contributed by atoms with Gasteiger partial charge in [0.25, 0.3) is 5.91 Å². The first-order valence-corrected chi connectivity index (χ1v) is 8.58. The SMILES string of the molecule is CCc1ccc(-c2nnn(CC(=O)Nc3cccc(C(=O)NC)c3)n2)cc1. The van der Waals surface area contributed by atoms with Gasteiger partial charge < -0.3 is 10.6 Å². The third-order valence-corrected chi connectivity index (χ3v) is 3.99. The molecule has 0 aliphatic rings. The number of benzene rings is 2. The Labute approximate surface area is 156 Å². The summed E-state index contributed by atoms with van der Waals surface area (Å²) in [5.41, 5.74) is 3.06. The van der Waals surface area contributed by atoms with Crippen molar-refractivity contribution in [3.63, 3.8) is 0 Å². The molecular weight excluding hydrogens is 344 g/mol. The number of carbonyl (C=O) groups is 2. The second-order valence-corrected chi connectivity index (χ2v) is 5.90. The summed E-state index contributed by atoms with van der Waals surface area (Å²) >= 11 is 0. The maximum Gasteiger partial charge on any atom is 0.251 e. The van der Waals surface area contributed by atoms with Crippen molar-refractivity contribution in [2.24, 2.45) is 0 Å². The lowest BCUT2D eigenvalue weighted by molar-refractivity contribution is -0.117. The van der Waals surface area contributed by atoms with Gasteiger partial charge in [0.1, 0.15) is 6.54 Å². The van der Waals surface area contributed by atoms with Crippen molar-refractivity contribution in [1.82, 2.24) is 25.5 Å². The minimum absolute atomic E-state index is 0.0791. The molecule has 0 unspecified atom stereocenters. The van der Waals surface area contributed by atoms with Crippen molar-refractivity contribution >= 4 is 17.5 Å². The van der Waals surface area contributed by atoms with Gasteiger partial charge in [0.2, 0.25) is 11.7 Å². The minimum Gasteiger partial charge on any atom is -0.355 e. The summed E-state index contributed by atoms with van der Waals surface area (Å²) in [4.78, 5) is 25.1. The molecule has 1 aromatic heterocycles. The molecule has 2 amide bonds. The highest BCUT2D eigenvalue weighted by Crippen LogP contribution is 2.15. The molecular formula is C19H20N6O2. The fourth-order valence-electron chi connectivity index (χ4n) is 2.53. The van der Waals surface area contributed by atoms with Crippen LogP contribution in [0.3, 0.4) is 0 Å². The van der Waals surface area contributed by atoms with Crippen LogP contribution in [0.15, 0.2) is 48.5 Å². The summed E-state index contributed by atoms with van der Waals surface area (Å²) < 4.78 is 0. The Morgan fingerprint density at radius 1 is 1.11 bits per heavy atom. The molecule has 0 aliphatic carbocycles. The van der Waals surface area contributed by atoms with Gasteiger partial charge in [-0.15, -0.1) is 10.2 Å². The zero-order chi connectivity index (χ0) is 19.2. The van der Waals surface area contributed by atoms with Crippen LogP contribution in [-0.4, -0.2) is 39.1 Å². The van der Waals surface area contributed by atoms with E-state index in [0.717, 1.165) is 12.0 Å². The highest BCUT2D eigenvalue weighted by atomic mass is 16.2. The van der Waals surface area contributed by atoms with Crippen LogP contribution in [0.1, 0.15) is 22.8 Å². The van der Waals surface area contributed by atoms with Crippen LogP contribution in [-0.2, 0) is 17.8 Å². The molecule has 0 radical (unpaired) electrons. The van der Waals surface area contributed by atoms with Crippen molar-refractivity contribution in [2.45, 2.75) is 19.9 Å². The molecule has 8 heteroatoms. The summed E-state index contributed by atoms with van der Waals surface area (Å²) in [7, 11) is 1.55. The molecule has 0 spiro atoms. The van der Waals surface area contributed by atoms with E-state index in [0.29, 0.717) is 17.1 Å². The van der Waals surface area contributed by atoms with E-state index < -0.39 is 0 Å². The molecule has 3 aromatic rings. The number of tetrazole rings is 1. The fraction of sp³-hybridized carbons (Fsp3) is 0.211. The molecule has 0 saturated carbocycles. The zero-order valence-electron chi connectivity index (χ0n) is 15.1. The van der Waals surface area contributed by atoms with Crippen molar-refractivity contribution in [1.29, 1.82) is 0 Å². The number of anilines is 1. The average molecular weight is 364 g/mol. The lowest BCUT2D eigenvalue weighted by Gasteiger charge is -2.06. The predicted octanol–water partition coefficient (Wildman–Crippen LogP) is 1.90. The molecule has 27 heavy (non-hydrogen) atoms. The molecule has 2 aromatic carbocycles. The van der Waals surface area contributed by atoms with Gasteiger partial charge in [0.05, 0.1) is 0 Å². The molecule has 0 fully saturated rings. The lowest BCUT2D eigenvalue weighted by atomic mass is 10.1. The standard InChI is InChI=1S/C19H20N6O2/c1-3-13-7-9-14(10-8-13)18-22-24-25(23-18)12-17(26)21-16-6-4-5-15(11-16)19(27)20-2/h4-11H,3,12H2,1-2H3,(H,20,27)(H,21,26). The van der Waals surface area contributed by atoms with Gasteiger partial charge >= 0.3 is 0 Å². The number of amides is 2. The number of hydrogen-bond donors (Lipinski definition) is 2. The number of aryl methyl sites for hydroxylation is 1. The van der Waals surface area contributed by atoms with Crippen molar-refractivity contribution in [3.05, 3.63) is 59.7 Å². The van der Waals surface area contributed by atoms with Gasteiger partial charge in [-0.2, -0.15) is 4.80 Å². The minimum atomic E-state index is -0.311. The second kappa shape index (κ2) is 8.22. The van der Waals surface area contributed by atoms with E-state index in [9.17, 15) is 9.59 Å². The van der Waals surface area contributed by atoms with Crippen molar-refractivity contribution in [2.75, 3.05) is 12.4 Å². The van der Waals surface area contributed by atoms with Gasteiger partial charge in [-0.1, -0.05) is 37.3 Å². The Morgan fingerprint density at radius 3 is 2.59 bits per heavy atom. The Morgan fingerprint density at radius 2 is 1.89 bits per heavy atom. The molecule has 0 saturated heterocycles. The van der Waals surface area contributed by atoms with Crippen LogP contribution in [0, 0.1) is 0 Å². The Kier molecular flexibility index (Phi) is 5.55. The Hall–Kier alpha value is -3.55. The van der Waals surface area contributed by atoms with Gasteiger partial charge in [-0.05, 0) is 35.4 Å². The number of aromatic nitrogens is 4. The highest BCUT2D eigenvalue weighted by Gasteiger charge is 2.11. The number of nitrogens with one attached hydrogen (secondary N) is 2. The zero-order valence-corrected chi connectivity index (χ0v) is 15.1. The number of rotatable bonds is 6. The van der Waals surface area contributed by atoms with Crippen LogP contribution in [0.2, 0.25) is 0 Å². The average Bonchev–Trinajstić information content (AvgIpc) is 3.15. The summed E-state index contributed by atoms with van der Waals surface area (Å²) in [5, 5.41) is 17.4. The smallest absolute Gasteiger partial charge is 0.251 e. The van der Waals surface area contributed by atoms with E-state index in [1.807, 2.05) is 24.3 Å². The topological polar surface area (TPSA) is 102 Å². The molecule has 3 rings (SSSR count). The van der Waals surface area contributed by atoms with Gasteiger partial charge in [-0.3, -0.25) is 9.59 Å². The summed E-state index contributed by atoms with van der Waals surface area (Å²) in [6.07, 6.45) is 0.960. The van der Waals surface area contributed by atoms with Crippen molar-refractivity contribution < 1.29 is 9.59 Å². The quantitative estimate of drug-likeness (QED) is 0.696. The maximum atomic E-state index is 12.2. The fourth-order valence-corrected chi connectivity index (χ4v) is 2.53. The highest BCUT2D eigenvalue weighted by molar-refractivity contribution is 5.96. The maximum absolute atomic E-state index is 12.2. The van der Waals surface area contributed by atoms with E-state index in [4.69, 9.17) is 0 Å². The van der Waals surface area contributed by atoms with Crippen LogP contribution >= 0.6 is 0 Å². The van der Waals surface area contributed by atoms with Gasteiger partial charge in [-0.25, -0.2) is 0 Å². The second-order valence-electron chi connectivity index (χ2n) is 5.90. The third kappa shape index (κ3) is 4.55. The van der Waals surface area contributed by atoms with E-state index in [1.54, 1.807) is 31.3 Å². The normalized spacial score (nSPS) is 10.4. The number of hydrogen-bond acceptors (Lipinski definition) is 5. The summed E-state index contributed by atoms with van der Waals surface area (Å²) in [6, 6.07) is 14.6. The van der Waals surface area contributed by atoms with Crippen LogP contribution in [0.25, 0.3) is 11.4 Å². The Balaban J connectivity index is 1.65. The lowest BCUT2D eigenvalue weighted by Crippen LogP contribution is -2.21. The van der Waals surface area contributed by atoms with E-state index >= 15 is 0 Å². The number of nitrogens with zero attached hydrogens (tertiary/aromatic N) is 4. The van der Waals surface area contributed by atoms with Gasteiger partial charge in [0, 0.05) is 23.9 Å². The molecule has 2 N–H and O–H groups in total. The van der Waals surface area contributed by atoms with E-state index in [-0.39, 0.29) is 18.4 Å². The van der Waals surface area contributed by atoms with Crippen LogP contribution in [0.5, 0.6) is 0 Å². The molecule has 0 atom stereocenters.